The Morgan fingerprint density at radius 1 is 1.00 bits per heavy atom. The van der Waals surface area contributed by atoms with Crippen LogP contribution < -0.4 is 20.7 Å². The van der Waals surface area contributed by atoms with E-state index in [9.17, 15) is 22.8 Å². The molecule has 1 aliphatic carbocycles. The number of carbonyl (C=O) groups is 2. The molecule has 29 heavy (non-hydrogen) atoms. The smallest absolute Gasteiger partial charge is 0.405 e. The van der Waals surface area contributed by atoms with Crippen LogP contribution in [-0.2, 0) is 4.79 Å². The number of alkyl halides is 3. The zero-order valence-corrected chi connectivity index (χ0v) is 15.1. The molecule has 0 atom stereocenters. The molecule has 2 aromatic rings. The Balaban J connectivity index is 1.61. The van der Waals surface area contributed by atoms with Gasteiger partial charge in [0.25, 0.3) is 0 Å². The van der Waals surface area contributed by atoms with Crippen LogP contribution in [0.15, 0.2) is 54.6 Å². The normalized spacial score (nSPS) is 13.8. The highest BCUT2D eigenvalue weighted by Crippen LogP contribution is 2.27. The van der Waals surface area contributed by atoms with Gasteiger partial charge in [-0.3, -0.25) is 4.79 Å². The largest absolute Gasteiger partial charge is 0.573 e. The van der Waals surface area contributed by atoms with Crippen molar-refractivity contribution in [2.45, 2.75) is 25.2 Å². The van der Waals surface area contributed by atoms with Crippen LogP contribution >= 0.6 is 0 Å². The summed E-state index contributed by atoms with van der Waals surface area (Å²) in [7, 11) is 0. The minimum Gasteiger partial charge on any atom is -0.405 e. The number of carbonyl (C=O) groups excluding carboxylic acids is 2. The number of para-hydroxylation sites is 1. The number of hydrogen-bond donors (Lipinski definition) is 3. The standard InChI is InChI=1S/C20H18F3N3O3/c21-20(22,23)29-17-7-2-1-4-13(17)8-11-18(27)24-15-5-3-6-16(12-15)26-19(28)25-14-9-10-14/h1-8,11-12,14H,9-10H2,(H,24,27)(H2,25,26,28). The number of hydrogen-bond acceptors (Lipinski definition) is 3. The van der Waals surface area contributed by atoms with Crippen molar-refractivity contribution in [3.05, 3.63) is 60.2 Å². The number of anilines is 2. The third-order valence-electron chi connectivity index (χ3n) is 3.86. The highest BCUT2D eigenvalue weighted by Gasteiger charge is 2.31. The lowest BCUT2D eigenvalue weighted by molar-refractivity contribution is -0.274. The van der Waals surface area contributed by atoms with Crippen LogP contribution in [0.1, 0.15) is 18.4 Å². The Morgan fingerprint density at radius 3 is 2.38 bits per heavy atom. The van der Waals surface area contributed by atoms with E-state index < -0.39 is 18.0 Å². The van der Waals surface area contributed by atoms with Gasteiger partial charge in [-0.05, 0) is 43.2 Å². The van der Waals surface area contributed by atoms with Gasteiger partial charge in [-0.1, -0.05) is 24.3 Å². The molecule has 0 radical (unpaired) electrons. The maximum Gasteiger partial charge on any atom is 0.573 e. The van der Waals surface area contributed by atoms with Gasteiger partial charge in [0.05, 0.1) is 0 Å². The second-order valence-electron chi connectivity index (χ2n) is 6.36. The van der Waals surface area contributed by atoms with Crippen molar-refractivity contribution in [2.24, 2.45) is 0 Å². The average Bonchev–Trinajstić information content (AvgIpc) is 3.44. The van der Waals surface area contributed by atoms with Crippen molar-refractivity contribution in [3.8, 4) is 5.75 Å². The fraction of sp³-hybridized carbons (Fsp3) is 0.200. The Bertz CT molecular complexity index is 924. The molecule has 0 aliphatic heterocycles. The summed E-state index contributed by atoms with van der Waals surface area (Å²) in [5, 5.41) is 8.04. The molecule has 6 nitrogen and oxygen atoms in total. The van der Waals surface area contributed by atoms with Crippen molar-refractivity contribution in [1.29, 1.82) is 0 Å². The zero-order valence-electron chi connectivity index (χ0n) is 15.1. The summed E-state index contributed by atoms with van der Waals surface area (Å²) in [6.07, 6.45) is -0.578. The molecule has 3 amide bonds. The second kappa shape index (κ2) is 8.68. The van der Waals surface area contributed by atoms with Gasteiger partial charge in [0.1, 0.15) is 5.75 Å². The van der Waals surface area contributed by atoms with Crippen molar-refractivity contribution in [3.63, 3.8) is 0 Å². The van der Waals surface area contributed by atoms with Gasteiger partial charge in [0.2, 0.25) is 5.91 Å². The molecule has 1 aliphatic rings. The molecule has 152 valence electrons. The van der Waals surface area contributed by atoms with E-state index in [0.717, 1.165) is 25.0 Å². The van der Waals surface area contributed by atoms with Gasteiger partial charge in [-0.25, -0.2) is 4.79 Å². The lowest BCUT2D eigenvalue weighted by Gasteiger charge is -2.11. The van der Waals surface area contributed by atoms with Crippen LogP contribution in [0.4, 0.5) is 29.3 Å². The third kappa shape index (κ3) is 6.87. The van der Waals surface area contributed by atoms with Crippen LogP contribution in [0.5, 0.6) is 5.75 Å². The molecule has 1 saturated carbocycles. The number of halogens is 3. The van der Waals surface area contributed by atoms with E-state index in [1.54, 1.807) is 24.3 Å². The van der Waals surface area contributed by atoms with Gasteiger partial charge in [-0.15, -0.1) is 13.2 Å². The van der Waals surface area contributed by atoms with E-state index in [1.165, 1.54) is 24.3 Å². The molecule has 9 heteroatoms. The Morgan fingerprint density at radius 2 is 1.69 bits per heavy atom. The number of benzene rings is 2. The number of nitrogens with one attached hydrogen (secondary N) is 3. The fourth-order valence-electron chi connectivity index (χ4n) is 2.44. The van der Waals surface area contributed by atoms with Crippen LogP contribution in [0.25, 0.3) is 6.08 Å². The molecule has 0 spiro atoms. The lowest BCUT2D eigenvalue weighted by Crippen LogP contribution is -2.30. The quantitative estimate of drug-likeness (QED) is 0.618. The van der Waals surface area contributed by atoms with Crippen molar-refractivity contribution < 1.29 is 27.5 Å². The molecule has 3 N–H and O–H groups in total. The van der Waals surface area contributed by atoms with Crippen molar-refractivity contribution in [2.75, 3.05) is 10.6 Å². The average molecular weight is 405 g/mol. The maximum absolute atomic E-state index is 12.4. The third-order valence-corrected chi connectivity index (χ3v) is 3.86. The van der Waals surface area contributed by atoms with E-state index in [4.69, 9.17) is 0 Å². The first-order valence-electron chi connectivity index (χ1n) is 8.80. The monoisotopic (exact) mass is 405 g/mol. The highest BCUT2D eigenvalue weighted by atomic mass is 19.4. The van der Waals surface area contributed by atoms with Gasteiger partial charge in [-0.2, -0.15) is 0 Å². The minimum absolute atomic E-state index is 0.104. The van der Waals surface area contributed by atoms with Crippen LogP contribution in [0.3, 0.4) is 0 Å². The molecule has 0 saturated heterocycles. The first kappa shape index (κ1) is 20.2. The van der Waals surface area contributed by atoms with E-state index in [2.05, 4.69) is 20.7 Å². The molecular weight excluding hydrogens is 387 g/mol. The van der Waals surface area contributed by atoms with Crippen LogP contribution in [0, 0.1) is 0 Å². The molecule has 0 aromatic heterocycles. The molecule has 0 heterocycles. The summed E-state index contributed by atoms with van der Waals surface area (Å²) in [5.74, 6) is -0.955. The number of amides is 3. The molecule has 0 bridgehead atoms. The zero-order chi connectivity index (χ0) is 20.9. The Labute approximate surface area is 164 Å². The van der Waals surface area contributed by atoms with Crippen LogP contribution in [-0.4, -0.2) is 24.3 Å². The molecule has 2 aromatic carbocycles. The SMILES string of the molecule is O=C(C=Cc1ccccc1OC(F)(F)F)Nc1cccc(NC(=O)NC2CC2)c1. The predicted molar refractivity (Wildman–Crippen MR) is 102 cm³/mol. The predicted octanol–water partition coefficient (Wildman–Crippen LogP) is 4.52. The topological polar surface area (TPSA) is 79.5 Å². The summed E-state index contributed by atoms with van der Waals surface area (Å²) in [6, 6.07) is 11.9. The van der Waals surface area contributed by atoms with E-state index >= 15 is 0 Å². The van der Waals surface area contributed by atoms with Crippen molar-refractivity contribution in [1.82, 2.24) is 5.32 Å². The summed E-state index contributed by atoms with van der Waals surface area (Å²) in [5.41, 5.74) is 1.02. The Kier molecular flexibility index (Phi) is 6.06. The first-order valence-corrected chi connectivity index (χ1v) is 8.80. The van der Waals surface area contributed by atoms with E-state index in [1.807, 2.05) is 0 Å². The molecule has 1 fully saturated rings. The summed E-state index contributed by atoms with van der Waals surface area (Å²) < 4.78 is 41.3. The van der Waals surface area contributed by atoms with Crippen molar-refractivity contribution >= 4 is 29.4 Å². The summed E-state index contributed by atoms with van der Waals surface area (Å²) in [4.78, 5) is 23.9. The van der Waals surface area contributed by atoms with Gasteiger partial charge in [0.15, 0.2) is 0 Å². The lowest BCUT2D eigenvalue weighted by atomic mass is 10.2. The second-order valence-corrected chi connectivity index (χ2v) is 6.36. The Hall–Kier alpha value is -3.49. The maximum atomic E-state index is 12.4. The summed E-state index contributed by atoms with van der Waals surface area (Å²) >= 11 is 0. The molecular formula is C20H18F3N3O3. The van der Waals surface area contributed by atoms with Gasteiger partial charge < -0.3 is 20.7 Å². The minimum atomic E-state index is -4.83. The number of rotatable bonds is 6. The molecule has 3 rings (SSSR count). The number of urea groups is 1. The first-order chi connectivity index (χ1) is 13.8. The van der Waals surface area contributed by atoms with Gasteiger partial charge >= 0.3 is 12.4 Å². The number of ether oxygens (including phenoxy) is 1. The summed E-state index contributed by atoms with van der Waals surface area (Å²) in [6.45, 7) is 0. The van der Waals surface area contributed by atoms with E-state index in [-0.39, 0.29) is 17.6 Å². The van der Waals surface area contributed by atoms with E-state index in [0.29, 0.717) is 11.4 Å². The van der Waals surface area contributed by atoms with Crippen LogP contribution in [0.2, 0.25) is 0 Å². The highest BCUT2D eigenvalue weighted by molar-refractivity contribution is 6.02. The molecule has 0 unspecified atom stereocenters. The van der Waals surface area contributed by atoms with Gasteiger partial charge in [0, 0.05) is 29.1 Å². The fourth-order valence-corrected chi connectivity index (χ4v) is 2.44.